The molecule has 9 heteroatoms. The fourth-order valence-electron chi connectivity index (χ4n) is 1.96. The van der Waals surface area contributed by atoms with Crippen LogP contribution in [0.4, 0.5) is 8.78 Å². The summed E-state index contributed by atoms with van der Waals surface area (Å²) in [6.07, 6.45) is 0. The molecule has 2 N–H and O–H groups in total. The van der Waals surface area contributed by atoms with Gasteiger partial charge in [-0.05, 0) is 48.5 Å². The maximum absolute atomic E-state index is 12.1. The van der Waals surface area contributed by atoms with E-state index in [1.807, 2.05) is 0 Å². The van der Waals surface area contributed by atoms with Gasteiger partial charge in [0, 0.05) is 5.56 Å². The van der Waals surface area contributed by atoms with Crippen LogP contribution < -0.4 is 15.2 Å². The lowest BCUT2D eigenvalue weighted by Crippen LogP contribution is -2.20. The van der Waals surface area contributed by atoms with Crippen LogP contribution in [0.15, 0.2) is 48.5 Å². The highest BCUT2D eigenvalue weighted by atomic mass is 19.3. The summed E-state index contributed by atoms with van der Waals surface area (Å²) in [5, 5.41) is 0. The van der Waals surface area contributed by atoms with E-state index < -0.39 is 30.9 Å². The fourth-order valence-corrected chi connectivity index (χ4v) is 1.96. The largest absolute Gasteiger partial charge is 0.484 e. The third kappa shape index (κ3) is 6.38. The van der Waals surface area contributed by atoms with E-state index in [1.54, 1.807) is 0 Å². The Kier molecular flexibility index (Phi) is 6.81. The highest BCUT2D eigenvalue weighted by Gasteiger charge is 2.13. The molecule has 0 atom stereocenters. The number of primary amides is 1. The van der Waals surface area contributed by atoms with Crippen molar-refractivity contribution in [3.63, 3.8) is 0 Å². The van der Waals surface area contributed by atoms with E-state index in [0.29, 0.717) is 5.75 Å². The molecule has 0 aromatic heterocycles. The Morgan fingerprint density at radius 2 is 1.41 bits per heavy atom. The molecular weight excluding hydrogens is 364 g/mol. The summed E-state index contributed by atoms with van der Waals surface area (Å²) < 4.78 is 38.3. The molecule has 2 aromatic rings. The Hall–Kier alpha value is -3.49. The Labute approximate surface area is 152 Å². The molecule has 1 amide bonds. The molecule has 0 aliphatic heterocycles. The molecule has 0 fully saturated rings. The number of hydrogen-bond acceptors (Lipinski definition) is 6. The van der Waals surface area contributed by atoms with Crippen LogP contribution in [0.5, 0.6) is 11.5 Å². The number of alkyl halides is 2. The predicted molar refractivity (Wildman–Crippen MR) is 88.8 cm³/mol. The first-order chi connectivity index (χ1) is 12.8. The van der Waals surface area contributed by atoms with Crippen LogP contribution in [-0.4, -0.2) is 37.5 Å². The maximum Gasteiger partial charge on any atom is 0.387 e. The van der Waals surface area contributed by atoms with Crippen LogP contribution in [0.3, 0.4) is 0 Å². The molecule has 0 heterocycles. The Balaban J connectivity index is 1.87. The standard InChI is InChI=1S/C18H15F2NO6/c19-18(20)27-14-7-1-11(2-8-14)15(22)9-26-17(24)12-3-5-13(6-4-12)25-10-16(21)23/h1-8,18H,9-10H2,(H2,21,23). The molecule has 0 unspecified atom stereocenters. The third-order valence-electron chi connectivity index (χ3n) is 3.21. The highest BCUT2D eigenvalue weighted by Crippen LogP contribution is 2.16. The van der Waals surface area contributed by atoms with Crippen LogP contribution in [0, 0.1) is 0 Å². The summed E-state index contributed by atoms with van der Waals surface area (Å²) in [5.74, 6) is -1.62. The SMILES string of the molecule is NC(=O)COc1ccc(C(=O)OCC(=O)c2ccc(OC(F)F)cc2)cc1. The van der Waals surface area contributed by atoms with E-state index >= 15 is 0 Å². The van der Waals surface area contributed by atoms with Crippen LogP contribution in [-0.2, 0) is 9.53 Å². The van der Waals surface area contributed by atoms with Crippen LogP contribution in [0.25, 0.3) is 0 Å². The lowest BCUT2D eigenvalue weighted by molar-refractivity contribution is -0.119. The normalized spacial score (nSPS) is 10.3. The van der Waals surface area contributed by atoms with Gasteiger partial charge in [0.25, 0.3) is 5.91 Å². The minimum atomic E-state index is -2.96. The molecule has 0 aliphatic rings. The number of halogens is 2. The number of ether oxygens (including phenoxy) is 3. The van der Waals surface area contributed by atoms with Crippen molar-refractivity contribution >= 4 is 17.7 Å². The van der Waals surface area contributed by atoms with Gasteiger partial charge >= 0.3 is 12.6 Å². The van der Waals surface area contributed by atoms with Gasteiger partial charge in [0.2, 0.25) is 0 Å². The summed E-state index contributed by atoms with van der Waals surface area (Å²) in [6.45, 7) is -3.77. The number of Topliss-reactive ketones (excluding diaryl/α,β-unsaturated/α-hetero) is 1. The maximum atomic E-state index is 12.1. The van der Waals surface area contributed by atoms with E-state index in [4.69, 9.17) is 15.2 Å². The van der Waals surface area contributed by atoms with Crippen molar-refractivity contribution in [2.75, 3.05) is 13.2 Å². The smallest absolute Gasteiger partial charge is 0.387 e. The molecule has 0 spiro atoms. The zero-order valence-corrected chi connectivity index (χ0v) is 13.9. The molecular formula is C18H15F2NO6. The van der Waals surface area contributed by atoms with Crippen LogP contribution in [0.2, 0.25) is 0 Å². The molecule has 2 rings (SSSR count). The van der Waals surface area contributed by atoms with E-state index in [9.17, 15) is 23.2 Å². The number of rotatable bonds is 9. The molecule has 2 aromatic carbocycles. The molecule has 27 heavy (non-hydrogen) atoms. The number of nitrogens with two attached hydrogens (primary N) is 1. The summed E-state index contributed by atoms with van der Waals surface area (Å²) in [6, 6.07) is 10.7. The number of hydrogen-bond donors (Lipinski definition) is 1. The molecule has 142 valence electrons. The number of amides is 1. The summed E-state index contributed by atoms with van der Waals surface area (Å²) in [5.41, 5.74) is 5.31. The van der Waals surface area contributed by atoms with Gasteiger partial charge in [0.05, 0.1) is 5.56 Å². The van der Waals surface area contributed by atoms with Crippen molar-refractivity contribution < 1.29 is 37.4 Å². The van der Waals surface area contributed by atoms with Crippen molar-refractivity contribution in [2.24, 2.45) is 5.73 Å². The van der Waals surface area contributed by atoms with E-state index in [-0.39, 0.29) is 23.5 Å². The molecule has 7 nitrogen and oxygen atoms in total. The van der Waals surface area contributed by atoms with Crippen LogP contribution >= 0.6 is 0 Å². The summed E-state index contributed by atoms with van der Waals surface area (Å²) >= 11 is 0. The number of ketones is 1. The average molecular weight is 379 g/mol. The van der Waals surface area contributed by atoms with Gasteiger partial charge in [-0.15, -0.1) is 0 Å². The predicted octanol–water partition coefficient (Wildman–Crippen LogP) is 2.19. The van der Waals surface area contributed by atoms with E-state index in [2.05, 4.69) is 4.74 Å². The first-order valence-electron chi connectivity index (χ1n) is 7.61. The van der Waals surface area contributed by atoms with Crippen LogP contribution in [0.1, 0.15) is 20.7 Å². The highest BCUT2D eigenvalue weighted by molar-refractivity contribution is 5.99. The number of benzene rings is 2. The van der Waals surface area contributed by atoms with Crippen molar-refractivity contribution in [1.29, 1.82) is 0 Å². The van der Waals surface area contributed by atoms with Crippen molar-refractivity contribution in [2.45, 2.75) is 6.61 Å². The molecule has 0 saturated heterocycles. The Morgan fingerprint density at radius 1 is 0.852 bits per heavy atom. The number of carbonyl (C=O) groups excluding carboxylic acids is 3. The number of carbonyl (C=O) groups is 3. The average Bonchev–Trinajstić information content (AvgIpc) is 2.64. The van der Waals surface area contributed by atoms with E-state index in [1.165, 1.54) is 48.5 Å². The quantitative estimate of drug-likeness (QED) is 0.529. The third-order valence-corrected chi connectivity index (χ3v) is 3.21. The minimum absolute atomic E-state index is 0.0859. The lowest BCUT2D eigenvalue weighted by Gasteiger charge is -2.07. The van der Waals surface area contributed by atoms with Gasteiger partial charge in [-0.1, -0.05) is 0 Å². The molecule has 0 aliphatic carbocycles. The summed E-state index contributed by atoms with van der Waals surface area (Å²) in [7, 11) is 0. The zero-order valence-electron chi connectivity index (χ0n) is 13.9. The van der Waals surface area contributed by atoms with Crippen molar-refractivity contribution in [3.8, 4) is 11.5 Å². The second-order valence-corrected chi connectivity index (χ2v) is 5.18. The van der Waals surface area contributed by atoms with Gasteiger partial charge in [-0.25, -0.2) is 4.79 Å². The van der Waals surface area contributed by atoms with Gasteiger partial charge < -0.3 is 19.9 Å². The second kappa shape index (κ2) is 9.27. The monoisotopic (exact) mass is 379 g/mol. The molecule has 0 saturated carbocycles. The minimum Gasteiger partial charge on any atom is -0.484 e. The van der Waals surface area contributed by atoms with Gasteiger partial charge in [-0.2, -0.15) is 8.78 Å². The van der Waals surface area contributed by atoms with Crippen molar-refractivity contribution in [1.82, 2.24) is 0 Å². The topological polar surface area (TPSA) is 105 Å². The second-order valence-electron chi connectivity index (χ2n) is 5.18. The Bertz CT molecular complexity index is 806. The van der Waals surface area contributed by atoms with Gasteiger partial charge in [0.1, 0.15) is 11.5 Å². The van der Waals surface area contributed by atoms with Crippen molar-refractivity contribution in [3.05, 3.63) is 59.7 Å². The Morgan fingerprint density at radius 3 is 1.96 bits per heavy atom. The first kappa shape index (κ1) is 19.8. The molecule has 0 bridgehead atoms. The fraction of sp³-hybridized carbons (Fsp3) is 0.167. The zero-order chi connectivity index (χ0) is 19.8. The van der Waals surface area contributed by atoms with E-state index in [0.717, 1.165) is 0 Å². The lowest BCUT2D eigenvalue weighted by atomic mass is 10.1. The summed E-state index contributed by atoms with van der Waals surface area (Å²) in [4.78, 5) is 34.6. The molecule has 0 radical (unpaired) electrons. The van der Waals surface area contributed by atoms with Gasteiger partial charge in [0.15, 0.2) is 19.0 Å². The number of esters is 1. The van der Waals surface area contributed by atoms with Gasteiger partial charge in [-0.3, -0.25) is 9.59 Å². The first-order valence-corrected chi connectivity index (χ1v) is 7.61.